The Kier molecular flexibility index (Phi) is 4.22. The zero-order chi connectivity index (χ0) is 9.68. The second-order valence-electron chi connectivity index (χ2n) is 3.92. The van der Waals surface area contributed by atoms with Gasteiger partial charge in [-0.15, -0.1) is 0 Å². The molecule has 0 aliphatic carbocycles. The third kappa shape index (κ3) is 3.35. The highest BCUT2D eigenvalue weighted by Crippen LogP contribution is 2.17. The van der Waals surface area contributed by atoms with Gasteiger partial charge in [0.2, 0.25) is 0 Å². The molecule has 0 aromatic carbocycles. The number of hydrazone groups is 1. The lowest BCUT2D eigenvalue weighted by Gasteiger charge is -2.20. The number of hydrogen-bond donors (Lipinski definition) is 0. The largest absolute Gasteiger partial charge is 0.382 e. The van der Waals surface area contributed by atoms with Crippen LogP contribution in [0.25, 0.3) is 0 Å². The van der Waals surface area contributed by atoms with Crippen LogP contribution in [-0.4, -0.2) is 37.5 Å². The quantitative estimate of drug-likeness (QED) is 0.622. The van der Waals surface area contributed by atoms with Crippen LogP contribution in [0.3, 0.4) is 0 Å². The van der Waals surface area contributed by atoms with Crippen molar-refractivity contribution in [2.45, 2.75) is 32.7 Å². The van der Waals surface area contributed by atoms with Gasteiger partial charge in [0.05, 0.1) is 12.6 Å². The molecule has 13 heavy (non-hydrogen) atoms. The second kappa shape index (κ2) is 5.22. The molecule has 0 spiro atoms. The molecule has 1 heterocycles. The van der Waals surface area contributed by atoms with Crippen LogP contribution in [0.5, 0.6) is 0 Å². The highest BCUT2D eigenvalue weighted by atomic mass is 16.5. The first-order valence-electron chi connectivity index (χ1n) is 5.03. The van der Waals surface area contributed by atoms with E-state index in [1.165, 1.54) is 12.8 Å². The van der Waals surface area contributed by atoms with Crippen LogP contribution in [0.1, 0.15) is 26.7 Å². The van der Waals surface area contributed by atoms with Crippen LogP contribution in [0, 0.1) is 5.92 Å². The number of rotatable bonds is 4. The zero-order valence-electron chi connectivity index (χ0n) is 8.86. The number of hydrogen-bond acceptors (Lipinski definition) is 3. The number of ether oxygens (including phenoxy) is 1. The molecule has 1 rings (SSSR count). The summed E-state index contributed by atoms with van der Waals surface area (Å²) in [6.45, 7) is 6.17. The maximum Gasteiger partial charge on any atom is 0.0704 e. The van der Waals surface area contributed by atoms with E-state index < -0.39 is 0 Å². The van der Waals surface area contributed by atoms with Crippen molar-refractivity contribution in [3.63, 3.8) is 0 Å². The van der Waals surface area contributed by atoms with Gasteiger partial charge in [0, 0.05) is 19.9 Å². The van der Waals surface area contributed by atoms with E-state index in [2.05, 4.69) is 24.0 Å². The van der Waals surface area contributed by atoms with Crippen LogP contribution in [0.2, 0.25) is 0 Å². The predicted octanol–water partition coefficient (Wildman–Crippen LogP) is 1.74. The first-order valence-corrected chi connectivity index (χ1v) is 5.03. The summed E-state index contributed by atoms with van der Waals surface area (Å²) in [5.41, 5.74) is 0. The summed E-state index contributed by atoms with van der Waals surface area (Å²) in [6.07, 6.45) is 4.46. The molecule has 1 saturated heterocycles. The molecule has 0 aromatic rings. The van der Waals surface area contributed by atoms with Crippen molar-refractivity contribution in [3.8, 4) is 0 Å². The summed E-state index contributed by atoms with van der Waals surface area (Å²) < 4.78 is 5.15. The van der Waals surface area contributed by atoms with E-state index in [1.54, 1.807) is 7.11 Å². The van der Waals surface area contributed by atoms with Gasteiger partial charge in [-0.25, -0.2) is 0 Å². The molecule has 76 valence electrons. The lowest BCUT2D eigenvalue weighted by atomic mass is 10.2. The average molecular weight is 184 g/mol. The Balaban J connectivity index is 2.39. The molecule has 3 heteroatoms. The van der Waals surface area contributed by atoms with Crippen molar-refractivity contribution in [3.05, 3.63) is 0 Å². The lowest BCUT2D eigenvalue weighted by molar-refractivity contribution is 0.118. The van der Waals surface area contributed by atoms with Gasteiger partial charge in [0.15, 0.2) is 0 Å². The minimum atomic E-state index is 0.500. The Morgan fingerprint density at radius 1 is 1.62 bits per heavy atom. The van der Waals surface area contributed by atoms with Crippen molar-refractivity contribution in [1.29, 1.82) is 0 Å². The molecule has 0 radical (unpaired) electrons. The monoisotopic (exact) mass is 184 g/mol. The maximum absolute atomic E-state index is 5.15. The van der Waals surface area contributed by atoms with Gasteiger partial charge in [-0.2, -0.15) is 5.10 Å². The van der Waals surface area contributed by atoms with Crippen molar-refractivity contribution in [2.24, 2.45) is 11.0 Å². The highest BCUT2D eigenvalue weighted by Gasteiger charge is 2.22. The average Bonchev–Trinajstić information content (AvgIpc) is 2.49. The normalized spacial score (nSPS) is 23.7. The minimum absolute atomic E-state index is 0.500. The summed E-state index contributed by atoms with van der Waals surface area (Å²) in [5.74, 6) is 0.531. The Morgan fingerprint density at radius 2 is 2.38 bits per heavy atom. The number of methoxy groups -OCH3 is 1. The van der Waals surface area contributed by atoms with E-state index in [9.17, 15) is 0 Å². The third-order valence-electron chi connectivity index (χ3n) is 2.22. The molecular formula is C10H20N2O. The molecule has 0 bridgehead atoms. The van der Waals surface area contributed by atoms with Gasteiger partial charge >= 0.3 is 0 Å². The topological polar surface area (TPSA) is 24.8 Å². The van der Waals surface area contributed by atoms with Gasteiger partial charge < -0.3 is 4.74 Å². The standard InChI is InChI=1S/C10H20N2O/c1-9(2)7-11-12-6-4-5-10(12)8-13-3/h7,9-10H,4-6,8H2,1-3H3/b11-7+/t10-/m0/s1. The fraction of sp³-hybridized carbons (Fsp3) is 0.900. The van der Waals surface area contributed by atoms with Crippen LogP contribution in [0.4, 0.5) is 0 Å². The smallest absolute Gasteiger partial charge is 0.0704 e. The third-order valence-corrected chi connectivity index (χ3v) is 2.22. The SMILES string of the molecule is COC[C@@H]1CCCN1/N=C/C(C)C. The molecule has 3 nitrogen and oxygen atoms in total. The Morgan fingerprint density at radius 3 is 3.00 bits per heavy atom. The minimum Gasteiger partial charge on any atom is -0.382 e. The number of nitrogens with zero attached hydrogens (tertiary/aromatic N) is 2. The fourth-order valence-corrected chi connectivity index (χ4v) is 1.55. The summed E-state index contributed by atoms with van der Waals surface area (Å²) in [5, 5.41) is 6.61. The van der Waals surface area contributed by atoms with Crippen LogP contribution < -0.4 is 0 Å². The second-order valence-corrected chi connectivity index (χ2v) is 3.92. The molecule has 0 N–H and O–H groups in total. The van der Waals surface area contributed by atoms with E-state index in [4.69, 9.17) is 4.74 Å². The van der Waals surface area contributed by atoms with E-state index >= 15 is 0 Å². The van der Waals surface area contributed by atoms with E-state index in [0.717, 1.165) is 13.2 Å². The van der Waals surface area contributed by atoms with Crippen molar-refractivity contribution >= 4 is 6.21 Å². The highest BCUT2D eigenvalue weighted by molar-refractivity contribution is 5.59. The summed E-state index contributed by atoms with van der Waals surface area (Å²) in [4.78, 5) is 0. The predicted molar refractivity (Wildman–Crippen MR) is 54.9 cm³/mol. The van der Waals surface area contributed by atoms with Crippen LogP contribution in [0.15, 0.2) is 5.10 Å². The first kappa shape index (κ1) is 10.5. The van der Waals surface area contributed by atoms with Gasteiger partial charge in [-0.1, -0.05) is 13.8 Å². The van der Waals surface area contributed by atoms with Crippen LogP contribution in [-0.2, 0) is 4.74 Å². The fourth-order valence-electron chi connectivity index (χ4n) is 1.55. The van der Waals surface area contributed by atoms with Crippen molar-refractivity contribution in [2.75, 3.05) is 20.3 Å². The lowest BCUT2D eigenvalue weighted by Crippen LogP contribution is -2.28. The molecule has 0 aromatic heterocycles. The first-order chi connectivity index (χ1) is 6.24. The van der Waals surface area contributed by atoms with Gasteiger partial charge in [0.1, 0.15) is 0 Å². The van der Waals surface area contributed by atoms with Crippen molar-refractivity contribution < 1.29 is 4.74 Å². The Bertz CT molecular complexity index is 168. The molecular weight excluding hydrogens is 164 g/mol. The Hall–Kier alpha value is -0.570. The van der Waals surface area contributed by atoms with E-state index in [0.29, 0.717) is 12.0 Å². The molecule has 0 saturated carbocycles. The molecule has 1 fully saturated rings. The molecule has 0 unspecified atom stereocenters. The molecule has 1 atom stereocenters. The maximum atomic E-state index is 5.15. The summed E-state index contributed by atoms with van der Waals surface area (Å²) in [7, 11) is 1.75. The summed E-state index contributed by atoms with van der Waals surface area (Å²) in [6, 6.07) is 0.500. The molecule has 1 aliphatic rings. The van der Waals surface area contributed by atoms with Crippen molar-refractivity contribution in [1.82, 2.24) is 5.01 Å². The zero-order valence-corrected chi connectivity index (χ0v) is 8.86. The molecule has 1 aliphatic heterocycles. The van der Waals surface area contributed by atoms with Gasteiger partial charge in [-0.05, 0) is 18.8 Å². The summed E-state index contributed by atoms with van der Waals surface area (Å²) >= 11 is 0. The van der Waals surface area contributed by atoms with Crippen LogP contribution >= 0.6 is 0 Å². The van der Waals surface area contributed by atoms with E-state index in [1.807, 2.05) is 6.21 Å². The van der Waals surface area contributed by atoms with E-state index in [-0.39, 0.29) is 0 Å². The Labute approximate surface area is 80.8 Å². The molecule has 0 amide bonds. The van der Waals surface area contributed by atoms with Gasteiger partial charge in [0.25, 0.3) is 0 Å². The van der Waals surface area contributed by atoms with Gasteiger partial charge in [-0.3, -0.25) is 5.01 Å².